The number of hydrogen-bond donors (Lipinski definition) is 1. The number of methoxy groups -OCH3 is 2. The Morgan fingerprint density at radius 2 is 2.06 bits per heavy atom. The lowest BCUT2D eigenvalue weighted by atomic mass is 9.57. The number of ether oxygens (including phenoxy) is 2. The molecule has 31 heavy (non-hydrogen) atoms. The van der Waals surface area contributed by atoms with E-state index in [2.05, 4.69) is 11.8 Å². The van der Waals surface area contributed by atoms with Gasteiger partial charge in [0.1, 0.15) is 11.5 Å². The van der Waals surface area contributed by atoms with Gasteiger partial charge in [0.2, 0.25) is 0 Å². The number of nitrogens with zero attached hydrogens (tertiary/aromatic N) is 1. The van der Waals surface area contributed by atoms with Crippen molar-refractivity contribution in [2.24, 2.45) is 11.8 Å². The highest BCUT2D eigenvalue weighted by Gasteiger charge is 2.74. The van der Waals surface area contributed by atoms with Crippen molar-refractivity contribution in [1.29, 1.82) is 0 Å². The molecule has 0 aromatic heterocycles. The van der Waals surface area contributed by atoms with E-state index in [9.17, 15) is 14.7 Å². The molecule has 0 spiro atoms. The molecular formula is C24H27NO6. The molecule has 6 rings (SSSR count). The Bertz CT molecular complexity index is 1120. The quantitative estimate of drug-likeness (QED) is 0.740. The first-order chi connectivity index (χ1) is 14.7. The third kappa shape index (κ3) is 1.89. The fourth-order valence-corrected chi connectivity index (χ4v) is 7.50. The highest BCUT2D eigenvalue weighted by Crippen LogP contribution is 2.68. The third-order valence-electron chi connectivity index (χ3n) is 8.82. The van der Waals surface area contributed by atoms with E-state index in [1.54, 1.807) is 19.4 Å². The van der Waals surface area contributed by atoms with Crippen molar-refractivity contribution < 1.29 is 28.6 Å². The number of carbonyl (C=O) groups is 2. The Morgan fingerprint density at radius 3 is 2.77 bits per heavy atom. The van der Waals surface area contributed by atoms with E-state index in [1.165, 1.54) is 7.11 Å². The van der Waals surface area contributed by atoms with Crippen molar-refractivity contribution in [3.8, 4) is 11.1 Å². The number of ketones is 1. The van der Waals surface area contributed by atoms with E-state index in [0.29, 0.717) is 23.2 Å². The summed E-state index contributed by atoms with van der Waals surface area (Å²) < 4.78 is 17.4. The van der Waals surface area contributed by atoms with Crippen LogP contribution in [0.15, 0.2) is 16.7 Å². The van der Waals surface area contributed by atoms with Crippen LogP contribution < -0.4 is 0 Å². The van der Waals surface area contributed by atoms with Gasteiger partial charge in [0, 0.05) is 61.1 Å². The van der Waals surface area contributed by atoms with E-state index in [-0.39, 0.29) is 18.1 Å². The fraction of sp³-hybridized carbons (Fsp3) is 0.583. The first kappa shape index (κ1) is 19.5. The molecule has 0 radical (unpaired) electrons. The van der Waals surface area contributed by atoms with Crippen molar-refractivity contribution >= 4 is 11.8 Å². The predicted molar refractivity (Wildman–Crippen MR) is 110 cm³/mol. The third-order valence-corrected chi connectivity index (χ3v) is 8.82. The Hall–Kier alpha value is -2.22. The van der Waals surface area contributed by atoms with E-state index in [1.807, 2.05) is 6.92 Å². The fourth-order valence-electron chi connectivity index (χ4n) is 7.50. The summed E-state index contributed by atoms with van der Waals surface area (Å²) in [5.41, 5.74) is -0.120. The second-order valence-electron chi connectivity index (χ2n) is 9.88. The van der Waals surface area contributed by atoms with Gasteiger partial charge in [-0.2, -0.15) is 0 Å². The summed E-state index contributed by atoms with van der Waals surface area (Å²) in [4.78, 5) is 29.1. The number of aliphatic hydroxyl groups is 1. The van der Waals surface area contributed by atoms with Gasteiger partial charge in [0.15, 0.2) is 11.4 Å². The molecule has 0 saturated carbocycles. The van der Waals surface area contributed by atoms with Crippen LogP contribution in [0, 0.1) is 11.8 Å². The number of fused-ring (bicyclic) bond motifs is 2. The molecule has 5 unspecified atom stereocenters. The molecule has 6 aliphatic rings. The lowest BCUT2D eigenvalue weighted by Crippen LogP contribution is -2.63. The molecule has 1 N–H and O–H groups in total. The molecule has 2 saturated heterocycles. The lowest BCUT2D eigenvalue weighted by molar-refractivity contribution is -0.192. The van der Waals surface area contributed by atoms with Crippen LogP contribution in [0.5, 0.6) is 0 Å². The minimum Gasteiger partial charge on any atom is -0.469 e. The Morgan fingerprint density at radius 1 is 1.29 bits per heavy atom. The zero-order chi connectivity index (χ0) is 21.9. The van der Waals surface area contributed by atoms with Crippen molar-refractivity contribution in [3.63, 3.8) is 0 Å². The zero-order valence-corrected chi connectivity index (χ0v) is 18.3. The molecule has 3 aliphatic heterocycles. The number of Topliss-reactive ketones (excluding diaryl/α,β-unsaturated/α-hetero) is 1. The predicted octanol–water partition coefficient (Wildman–Crippen LogP) is 2.46. The Kier molecular flexibility index (Phi) is 3.62. The maximum Gasteiger partial charge on any atom is 0.338 e. The second-order valence-corrected chi connectivity index (χ2v) is 9.88. The molecule has 0 aromatic rings. The van der Waals surface area contributed by atoms with E-state index in [4.69, 9.17) is 13.9 Å². The van der Waals surface area contributed by atoms with Crippen LogP contribution in [0.1, 0.15) is 53.9 Å². The molecule has 2 bridgehead atoms. The average molecular weight is 425 g/mol. The summed E-state index contributed by atoms with van der Waals surface area (Å²) in [7, 11) is 3.01. The molecule has 7 nitrogen and oxygen atoms in total. The van der Waals surface area contributed by atoms with Crippen LogP contribution in [0.3, 0.4) is 0 Å². The van der Waals surface area contributed by atoms with E-state index < -0.39 is 28.6 Å². The second kappa shape index (κ2) is 5.77. The summed E-state index contributed by atoms with van der Waals surface area (Å²) in [6, 6.07) is 1.76. The lowest BCUT2D eigenvalue weighted by Gasteiger charge is -2.54. The van der Waals surface area contributed by atoms with Crippen LogP contribution in [-0.2, 0) is 31.7 Å². The van der Waals surface area contributed by atoms with E-state index >= 15 is 0 Å². The standard InChI is InChI=1S/C24H27NO6/c1-12-9-25-10-13-5-6-15-16-14(7-8-31-15)17(21(27)29-3)19-18(16)22(13,2)24(25,30-4)11-23(19,28)20(12)26/h7-8,12-13,28H,5-6,9-11H2,1-4H3. The van der Waals surface area contributed by atoms with Gasteiger partial charge in [-0.15, -0.1) is 0 Å². The topological polar surface area (TPSA) is 89.2 Å². The summed E-state index contributed by atoms with van der Waals surface area (Å²) in [5.74, 6) is -0.183. The monoisotopic (exact) mass is 425 g/mol. The summed E-state index contributed by atoms with van der Waals surface area (Å²) >= 11 is 0. The number of hydrogen-bond acceptors (Lipinski definition) is 7. The van der Waals surface area contributed by atoms with Gasteiger partial charge in [-0.3, -0.25) is 9.69 Å². The first-order valence-electron chi connectivity index (χ1n) is 11.0. The molecule has 164 valence electrons. The molecule has 2 fully saturated rings. The average Bonchev–Trinajstić information content (AvgIpc) is 3.17. The molecule has 7 heteroatoms. The maximum absolute atomic E-state index is 13.7. The van der Waals surface area contributed by atoms with Crippen LogP contribution in [-0.4, -0.2) is 54.8 Å². The van der Waals surface area contributed by atoms with Crippen LogP contribution in [0.2, 0.25) is 0 Å². The summed E-state index contributed by atoms with van der Waals surface area (Å²) in [6.07, 6.45) is 3.32. The van der Waals surface area contributed by atoms with Crippen molar-refractivity contribution in [3.05, 3.63) is 34.8 Å². The molecule has 3 heterocycles. The summed E-state index contributed by atoms with van der Waals surface area (Å²) in [5, 5.41) is 12.2. The summed E-state index contributed by atoms with van der Waals surface area (Å²) in [6.45, 7) is 5.33. The van der Waals surface area contributed by atoms with Gasteiger partial charge < -0.3 is 19.0 Å². The van der Waals surface area contributed by atoms with Crippen LogP contribution in [0.25, 0.3) is 11.1 Å². The number of aryl methyl sites for hydroxylation is 1. The van der Waals surface area contributed by atoms with Gasteiger partial charge >= 0.3 is 5.97 Å². The van der Waals surface area contributed by atoms with Crippen LogP contribution in [0.4, 0.5) is 0 Å². The number of rotatable bonds is 2. The minimum absolute atomic E-state index is 0.104. The van der Waals surface area contributed by atoms with Gasteiger partial charge in [-0.1, -0.05) is 13.8 Å². The Labute approximate surface area is 180 Å². The number of esters is 1. The zero-order valence-electron chi connectivity index (χ0n) is 18.3. The number of carbonyl (C=O) groups excluding carboxylic acids is 2. The van der Waals surface area contributed by atoms with E-state index in [0.717, 1.165) is 36.3 Å². The smallest absolute Gasteiger partial charge is 0.338 e. The molecule has 3 aliphatic carbocycles. The van der Waals surface area contributed by atoms with Gasteiger partial charge in [0.05, 0.1) is 18.9 Å². The molecular weight excluding hydrogens is 398 g/mol. The molecule has 0 amide bonds. The molecule has 0 aromatic carbocycles. The largest absolute Gasteiger partial charge is 0.469 e. The normalized spacial score (nSPS) is 38.4. The van der Waals surface area contributed by atoms with Crippen LogP contribution >= 0.6 is 0 Å². The highest BCUT2D eigenvalue weighted by atomic mass is 16.5. The van der Waals surface area contributed by atoms with Gasteiger partial charge in [0.25, 0.3) is 0 Å². The van der Waals surface area contributed by atoms with Crippen molar-refractivity contribution in [2.45, 2.75) is 49.9 Å². The molecule has 5 atom stereocenters. The highest BCUT2D eigenvalue weighted by molar-refractivity contribution is 6.07. The van der Waals surface area contributed by atoms with Gasteiger partial charge in [-0.25, -0.2) is 4.79 Å². The van der Waals surface area contributed by atoms with Crippen molar-refractivity contribution in [2.75, 3.05) is 27.3 Å². The Balaban J connectivity index is 1.85. The SMILES string of the molecule is COC(=O)c1c2ccoc3c-2c2c1C1(O)CC4(OC)N(CC(C)C1=O)CC(CC3)C24C. The minimum atomic E-state index is -1.84. The van der Waals surface area contributed by atoms with Gasteiger partial charge in [-0.05, 0) is 24.0 Å². The van der Waals surface area contributed by atoms with Crippen molar-refractivity contribution in [1.82, 2.24) is 4.90 Å². The first-order valence-corrected chi connectivity index (χ1v) is 11.0. The maximum atomic E-state index is 13.7.